The molecule has 0 radical (unpaired) electrons. The Bertz CT molecular complexity index is 2780. The zero-order chi connectivity index (χ0) is 35.1. The molecule has 0 saturated heterocycles. The molecule has 0 amide bonds. The van der Waals surface area contributed by atoms with Gasteiger partial charge in [-0.25, -0.2) is 4.98 Å². The summed E-state index contributed by atoms with van der Waals surface area (Å²) in [6.45, 7) is 0. The number of para-hydroxylation sites is 2. The first-order chi connectivity index (χ1) is 26.2. The summed E-state index contributed by atoms with van der Waals surface area (Å²) in [6, 6.07) is 67.8. The van der Waals surface area contributed by atoms with Gasteiger partial charge in [-0.1, -0.05) is 121 Å². The molecule has 0 spiro atoms. The van der Waals surface area contributed by atoms with Crippen LogP contribution in [0.5, 0.6) is 0 Å². The number of nitrogens with zero attached hydrogens (tertiary/aromatic N) is 2. The average molecular weight is 681 g/mol. The largest absolute Gasteiger partial charge is 0.456 e. The van der Waals surface area contributed by atoms with Gasteiger partial charge in [-0.2, -0.15) is 0 Å². The first kappa shape index (κ1) is 30.6. The summed E-state index contributed by atoms with van der Waals surface area (Å²) in [5.74, 6) is 0.570. The van der Waals surface area contributed by atoms with E-state index in [9.17, 15) is 0 Å². The Labute approximate surface area is 306 Å². The van der Waals surface area contributed by atoms with Crippen LogP contribution in [0.3, 0.4) is 0 Å². The molecule has 250 valence electrons. The minimum atomic E-state index is 0.570. The number of hydrogen-bond acceptors (Lipinski definition) is 4. The maximum absolute atomic E-state index is 6.62. The highest BCUT2D eigenvalue weighted by Gasteiger charge is 2.22. The van der Waals surface area contributed by atoms with Crippen LogP contribution in [0, 0.1) is 0 Å². The molecule has 0 aliphatic heterocycles. The van der Waals surface area contributed by atoms with E-state index in [1.54, 1.807) is 0 Å². The highest BCUT2D eigenvalue weighted by Crippen LogP contribution is 2.45. The molecule has 0 aliphatic rings. The summed E-state index contributed by atoms with van der Waals surface area (Å²) < 4.78 is 12.7. The molecule has 10 aromatic rings. The molecule has 10 rings (SSSR count). The van der Waals surface area contributed by atoms with Crippen LogP contribution in [0.2, 0.25) is 0 Å². The third-order valence-corrected chi connectivity index (χ3v) is 9.88. The van der Waals surface area contributed by atoms with Crippen molar-refractivity contribution in [1.82, 2.24) is 4.98 Å². The van der Waals surface area contributed by atoms with Gasteiger partial charge in [0.15, 0.2) is 5.58 Å². The van der Waals surface area contributed by atoms with Gasteiger partial charge in [0.05, 0.1) is 11.1 Å². The van der Waals surface area contributed by atoms with Crippen molar-refractivity contribution in [3.05, 3.63) is 194 Å². The third kappa shape index (κ3) is 5.63. The van der Waals surface area contributed by atoms with Crippen molar-refractivity contribution >= 4 is 50.1 Å². The molecule has 4 heteroatoms. The minimum absolute atomic E-state index is 0.570. The molecule has 4 nitrogen and oxygen atoms in total. The van der Waals surface area contributed by atoms with Crippen LogP contribution in [-0.4, -0.2) is 4.98 Å². The Morgan fingerprint density at radius 3 is 1.58 bits per heavy atom. The number of hydrogen-bond donors (Lipinski definition) is 0. The van der Waals surface area contributed by atoms with Gasteiger partial charge in [0.1, 0.15) is 16.7 Å². The lowest BCUT2D eigenvalue weighted by molar-refractivity contribution is 0.619. The molecule has 0 N–H and O–H groups in total. The summed E-state index contributed by atoms with van der Waals surface area (Å²) in [6.07, 6.45) is 0. The van der Waals surface area contributed by atoms with Crippen molar-refractivity contribution < 1.29 is 8.83 Å². The van der Waals surface area contributed by atoms with E-state index in [1.807, 2.05) is 36.4 Å². The highest BCUT2D eigenvalue weighted by molar-refractivity contribution is 6.14. The van der Waals surface area contributed by atoms with Gasteiger partial charge in [-0.05, 0) is 106 Å². The summed E-state index contributed by atoms with van der Waals surface area (Å²) in [5, 5.41) is 2.05. The fraction of sp³-hybridized carbons (Fsp3) is 0. The van der Waals surface area contributed by atoms with Gasteiger partial charge in [0.25, 0.3) is 0 Å². The van der Waals surface area contributed by atoms with Crippen molar-refractivity contribution in [2.24, 2.45) is 0 Å². The van der Waals surface area contributed by atoms with Crippen molar-refractivity contribution in [3.63, 3.8) is 0 Å². The molecule has 2 aromatic heterocycles. The lowest BCUT2D eigenvalue weighted by Gasteiger charge is -2.28. The monoisotopic (exact) mass is 680 g/mol. The molecule has 0 unspecified atom stereocenters. The van der Waals surface area contributed by atoms with E-state index < -0.39 is 0 Å². The van der Waals surface area contributed by atoms with Crippen molar-refractivity contribution in [2.45, 2.75) is 0 Å². The highest BCUT2D eigenvalue weighted by atomic mass is 16.3. The van der Waals surface area contributed by atoms with E-state index in [2.05, 4.69) is 163 Å². The summed E-state index contributed by atoms with van der Waals surface area (Å²) in [5.41, 5.74) is 14.1. The number of furan rings is 1. The lowest BCUT2D eigenvalue weighted by Crippen LogP contribution is -2.10. The van der Waals surface area contributed by atoms with Crippen LogP contribution in [0.1, 0.15) is 0 Å². The second kappa shape index (κ2) is 12.9. The van der Waals surface area contributed by atoms with E-state index in [4.69, 9.17) is 13.8 Å². The van der Waals surface area contributed by atoms with Crippen molar-refractivity contribution in [3.8, 4) is 44.8 Å². The Morgan fingerprint density at radius 2 is 0.925 bits per heavy atom. The summed E-state index contributed by atoms with van der Waals surface area (Å²) >= 11 is 0. The Balaban J connectivity index is 1.19. The minimum Gasteiger partial charge on any atom is -0.456 e. The fourth-order valence-corrected chi connectivity index (χ4v) is 7.32. The maximum atomic E-state index is 6.62. The van der Waals surface area contributed by atoms with E-state index in [1.165, 1.54) is 5.56 Å². The van der Waals surface area contributed by atoms with Crippen LogP contribution in [0.25, 0.3) is 77.9 Å². The van der Waals surface area contributed by atoms with Gasteiger partial charge < -0.3 is 13.7 Å². The second-order valence-electron chi connectivity index (χ2n) is 13.2. The van der Waals surface area contributed by atoms with Gasteiger partial charge in [-0.3, -0.25) is 0 Å². The van der Waals surface area contributed by atoms with Crippen LogP contribution in [-0.2, 0) is 0 Å². The SMILES string of the molecule is c1ccc(-c2ccc(N(c3cc(-c4ccccc4)cc(-c4ccccc4)c3)c3cccc4oc5cc(-c6nc7ccccc7o6)ccc5c34)cc2)cc1. The standard InChI is InChI=1S/C49H32N2O2/c1-4-13-33(14-5-1)36-23-26-40(27-24-36)51(41-30-38(34-15-6-2-7-16-34)29-39(31-41)35-17-8-3-9-18-35)44-20-12-22-46-48(44)42-28-25-37(32-47(42)52-46)49-50-43-19-10-11-21-45(43)53-49/h1-32H. The number of oxazole rings is 1. The summed E-state index contributed by atoms with van der Waals surface area (Å²) in [7, 11) is 0. The zero-order valence-corrected chi connectivity index (χ0v) is 28.7. The number of aromatic nitrogens is 1. The third-order valence-electron chi connectivity index (χ3n) is 9.88. The van der Waals surface area contributed by atoms with Crippen molar-refractivity contribution in [1.29, 1.82) is 0 Å². The number of fused-ring (bicyclic) bond motifs is 4. The van der Waals surface area contributed by atoms with Crippen molar-refractivity contribution in [2.75, 3.05) is 4.90 Å². The number of rotatable bonds is 7. The number of anilines is 3. The molecule has 2 heterocycles. The normalized spacial score (nSPS) is 11.4. The Kier molecular flexibility index (Phi) is 7.43. The first-order valence-corrected chi connectivity index (χ1v) is 17.8. The van der Waals surface area contributed by atoms with E-state index >= 15 is 0 Å². The van der Waals surface area contributed by atoms with Crippen LogP contribution >= 0.6 is 0 Å². The predicted molar refractivity (Wildman–Crippen MR) is 218 cm³/mol. The van der Waals surface area contributed by atoms with Gasteiger partial charge >= 0.3 is 0 Å². The molecule has 0 saturated carbocycles. The van der Waals surface area contributed by atoms with Crippen LogP contribution in [0.4, 0.5) is 17.1 Å². The Morgan fingerprint density at radius 1 is 0.358 bits per heavy atom. The van der Waals surface area contributed by atoms with Gasteiger partial charge in [0.2, 0.25) is 5.89 Å². The van der Waals surface area contributed by atoms with Gasteiger partial charge in [-0.15, -0.1) is 0 Å². The van der Waals surface area contributed by atoms with E-state index in [0.29, 0.717) is 5.89 Å². The lowest BCUT2D eigenvalue weighted by atomic mass is 9.97. The molecule has 8 aromatic carbocycles. The molecule has 53 heavy (non-hydrogen) atoms. The zero-order valence-electron chi connectivity index (χ0n) is 28.7. The van der Waals surface area contributed by atoms with E-state index in [-0.39, 0.29) is 0 Å². The first-order valence-electron chi connectivity index (χ1n) is 17.8. The van der Waals surface area contributed by atoms with Gasteiger partial charge in [0, 0.05) is 22.3 Å². The molecular weight excluding hydrogens is 649 g/mol. The second-order valence-corrected chi connectivity index (χ2v) is 13.2. The molecule has 0 fully saturated rings. The molecule has 0 atom stereocenters. The predicted octanol–water partition coefficient (Wildman–Crippen LogP) is 13.9. The molecule has 0 bridgehead atoms. The molecule has 0 aliphatic carbocycles. The summed E-state index contributed by atoms with van der Waals surface area (Å²) in [4.78, 5) is 7.11. The topological polar surface area (TPSA) is 42.4 Å². The fourth-order valence-electron chi connectivity index (χ4n) is 7.32. The van der Waals surface area contributed by atoms with Crippen LogP contribution in [0.15, 0.2) is 203 Å². The smallest absolute Gasteiger partial charge is 0.227 e. The maximum Gasteiger partial charge on any atom is 0.227 e. The number of benzene rings is 8. The average Bonchev–Trinajstić information content (AvgIpc) is 3.84. The quantitative estimate of drug-likeness (QED) is 0.168. The van der Waals surface area contributed by atoms with Crippen LogP contribution < -0.4 is 4.90 Å². The molecular formula is C49H32N2O2. The van der Waals surface area contributed by atoms with E-state index in [0.717, 1.165) is 83.5 Å². The Hall–Kier alpha value is -7.17.